The molecule has 3 rings (SSSR count). The summed E-state index contributed by atoms with van der Waals surface area (Å²) in [6.45, 7) is 2.37. The number of rotatable bonds is 7. The average Bonchev–Trinajstić information content (AvgIpc) is 3.08. The molecule has 2 N–H and O–H groups in total. The molecule has 1 heterocycles. The van der Waals surface area contributed by atoms with Gasteiger partial charge in [-0.1, -0.05) is 27.5 Å². The zero-order valence-electron chi connectivity index (χ0n) is 18.2. The number of ether oxygens (including phenoxy) is 1. The Morgan fingerprint density at radius 1 is 1.41 bits per heavy atom. The minimum Gasteiger partial charge on any atom is -0.496 e. The minimum absolute atomic E-state index is 0.00539. The van der Waals surface area contributed by atoms with E-state index in [1.165, 1.54) is 6.26 Å². The Kier molecular flexibility index (Phi) is 7.59. The number of hydrogen-bond donors (Lipinski definition) is 2. The predicted molar refractivity (Wildman–Crippen MR) is 127 cm³/mol. The highest BCUT2D eigenvalue weighted by Gasteiger charge is 2.37. The third kappa shape index (κ3) is 5.30. The van der Waals surface area contributed by atoms with Crippen molar-refractivity contribution >= 4 is 43.3 Å². The van der Waals surface area contributed by atoms with Gasteiger partial charge in [0.15, 0.2) is 5.69 Å². The number of hydrogen-bond acceptors (Lipinski definition) is 6. The number of aromatic nitrogens is 2. The second-order valence-electron chi connectivity index (χ2n) is 8.11. The van der Waals surface area contributed by atoms with E-state index in [-0.39, 0.29) is 17.3 Å². The highest BCUT2D eigenvalue weighted by molar-refractivity contribution is 9.10. The number of carbonyl (C=O) groups is 1. The molecule has 2 aromatic rings. The molecule has 1 saturated carbocycles. The van der Waals surface area contributed by atoms with Gasteiger partial charge in [0.05, 0.1) is 28.7 Å². The molecule has 1 fully saturated rings. The van der Waals surface area contributed by atoms with Gasteiger partial charge in [0.25, 0.3) is 5.91 Å². The molecule has 1 aliphatic carbocycles. The molecule has 1 aromatic heterocycles. The molecule has 1 aromatic carbocycles. The third-order valence-corrected chi connectivity index (χ3v) is 8.41. The maximum atomic E-state index is 12.9. The van der Waals surface area contributed by atoms with Crippen molar-refractivity contribution in [2.45, 2.75) is 50.0 Å². The van der Waals surface area contributed by atoms with Crippen LogP contribution in [0.15, 0.2) is 22.7 Å². The van der Waals surface area contributed by atoms with Crippen LogP contribution in [0.25, 0.3) is 11.3 Å². The zero-order valence-corrected chi connectivity index (χ0v) is 21.3. The lowest BCUT2D eigenvalue weighted by Gasteiger charge is -2.35. The molecule has 0 atom stereocenters. The largest absolute Gasteiger partial charge is 0.496 e. The topological polar surface area (TPSA) is 111 Å². The molecule has 0 aliphatic heterocycles. The molecule has 0 bridgehead atoms. The summed E-state index contributed by atoms with van der Waals surface area (Å²) in [6.07, 6.45) is 2.54. The van der Waals surface area contributed by atoms with E-state index < -0.39 is 26.6 Å². The van der Waals surface area contributed by atoms with Gasteiger partial charge in [-0.2, -0.15) is 5.10 Å². The third-order valence-electron chi connectivity index (χ3n) is 5.87. The Bertz CT molecular complexity index is 1110. The van der Waals surface area contributed by atoms with Crippen LogP contribution in [0.4, 0.5) is 0 Å². The number of benzene rings is 1. The maximum Gasteiger partial charge on any atom is 0.273 e. The number of carbonyl (C=O) groups excluding carboxylic acids is 1. The first-order valence-electron chi connectivity index (χ1n) is 10.3. The monoisotopic (exact) mass is 547 g/mol. The highest BCUT2D eigenvalue weighted by atomic mass is 79.9. The summed E-state index contributed by atoms with van der Waals surface area (Å²) in [5.74, 6) is 0.0815. The summed E-state index contributed by atoms with van der Waals surface area (Å²) in [4.78, 5) is 12.9. The van der Waals surface area contributed by atoms with E-state index in [0.29, 0.717) is 49.2 Å². The lowest BCUT2D eigenvalue weighted by atomic mass is 9.84. The molecule has 1 aliphatic rings. The highest BCUT2D eigenvalue weighted by Crippen LogP contribution is 2.38. The van der Waals surface area contributed by atoms with Crippen molar-refractivity contribution in [3.63, 3.8) is 0 Å². The number of halogens is 2. The Morgan fingerprint density at radius 3 is 2.62 bits per heavy atom. The molecule has 11 heteroatoms. The first-order chi connectivity index (χ1) is 15.0. The van der Waals surface area contributed by atoms with Crippen LogP contribution < -0.4 is 10.1 Å². The van der Waals surface area contributed by atoms with Crippen molar-refractivity contribution in [1.29, 1.82) is 0 Å². The van der Waals surface area contributed by atoms with E-state index in [1.54, 1.807) is 17.9 Å². The SMILES string of the molecule is CCn1nc(C(=O)NC[C@]2(O)CC[C@@H](S(C)(=O)=O)CC2)c(Cl)c1-c1ccc(Br)cc1OC. The molecule has 1 amide bonds. The molecule has 8 nitrogen and oxygen atoms in total. The molecular weight excluding hydrogens is 522 g/mol. The van der Waals surface area contributed by atoms with Crippen molar-refractivity contribution in [3.8, 4) is 17.0 Å². The number of amides is 1. The number of methoxy groups -OCH3 is 1. The van der Waals surface area contributed by atoms with Crippen LogP contribution >= 0.6 is 27.5 Å². The average molecular weight is 549 g/mol. The molecule has 0 unspecified atom stereocenters. The number of sulfone groups is 1. The molecule has 0 saturated heterocycles. The summed E-state index contributed by atoms with van der Waals surface area (Å²) < 4.78 is 31.4. The van der Waals surface area contributed by atoms with Crippen LogP contribution in [0.5, 0.6) is 5.75 Å². The smallest absolute Gasteiger partial charge is 0.273 e. The normalized spacial score (nSPS) is 21.4. The quantitative estimate of drug-likeness (QED) is 0.548. The van der Waals surface area contributed by atoms with Crippen LogP contribution in [-0.4, -0.2) is 60.0 Å². The fourth-order valence-electron chi connectivity index (χ4n) is 3.99. The van der Waals surface area contributed by atoms with Crippen LogP contribution in [-0.2, 0) is 16.4 Å². The van der Waals surface area contributed by atoms with Crippen molar-refractivity contribution < 1.29 is 23.1 Å². The summed E-state index contributed by atoms with van der Waals surface area (Å²) in [6, 6.07) is 5.49. The van der Waals surface area contributed by atoms with Crippen LogP contribution in [0.2, 0.25) is 5.02 Å². The fourth-order valence-corrected chi connectivity index (χ4v) is 5.75. The van der Waals surface area contributed by atoms with Gasteiger partial charge in [0.1, 0.15) is 15.6 Å². The number of aryl methyl sites for hydroxylation is 1. The summed E-state index contributed by atoms with van der Waals surface area (Å²) in [5.41, 5.74) is 0.166. The summed E-state index contributed by atoms with van der Waals surface area (Å²) in [5, 5.41) is 17.7. The van der Waals surface area contributed by atoms with Crippen molar-refractivity contribution in [2.24, 2.45) is 0 Å². The van der Waals surface area contributed by atoms with E-state index >= 15 is 0 Å². The minimum atomic E-state index is -3.14. The maximum absolute atomic E-state index is 12.9. The van der Waals surface area contributed by atoms with Crippen molar-refractivity contribution in [2.75, 3.05) is 19.9 Å². The predicted octanol–water partition coefficient (Wildman–Crippen LogP) is 3.44. The number of aliphatic hydroxyl groups is 1. The van der Waals surface area contributed by atoms with Gasteiger partial charge < -0.3 is 15.2 Å². The molecule has 32 heavy (non-hydrogen) atoms. The number of nitrogens with zero attached hydrogens (tertiary/aromatic N) is 2. The number of nitrogens with one attached hydrogen (secondary N) is 1. The van der Waals surface area contributed by atoms with Gasteiger partial charge >= 0.3 is 0 Å². The first kappa shape index (κ1) is 25.0. The van der Waals surface area contributed by atoms with E-state index in [9.17, 15) is 18.3 Å². The van der Waals surface area contributed by atoms with Gasteiger partial charge in [-0.15, -0.1) is 0 Å². The van der Waals surface area contributed by atoms with E-state index in [2.05, 4.69) is 26.3 Å². The first-order valence-corrected chi connectivity index (χ1v) is 13.4. The van der Waals surface area contributed by atoms with Gasteiger partial charge in [0, 0.05) is 29.4 Å². The van der Waals surface area contributed by atoms with Gasteiger partial charge in [-0.05, 0) is 50.8 Å². The van der Waals surface area contributed by atoms with Crippen LogP contribution in [0.1, 0.15) is 43.1 Å². The summed E-state index contributed by atoms with van der Waals surface area (Å²) in [7, 11) is -1.58. The second kappa shape index (κ2) is 9.70. The Labute approximate surface area is 201 Å². The fraction of sp³-hybridized carbons (Fsp3) is 0.524. The molecule has 0 radical (unpaired) electrons. The van der Waals surface area contributed by atoms with Gasteiger partial charge in [-0.3, -0.25) is 9.48 Å². The van der Waals surface area contributed by atoms with Crippen LogP contribution in [0.3, 0.4) is 0 Å². The Hall–Kier alpha value is -1.62. The standard InChI is InChI=1S/C21H27BrClN3O5S/c1-4-26-19(15-6-5-13(22)11-16(15)31-2)17(23)18(25-26)20(27)24-12-21(28)9-7-14(8-10-21)32(3,29)30/h5-6,11,14,28H,4,7-10,12H2,1-3H3,(H,24,27)/t14-,21+. The molecular formula is C21H27BrClN3O5S. The lowest BCUT2D eigenvalue weighted by molar-refractivity contribution is 0.00606. The van der Waals surface area contributed by atoms with Crippen molar-refractivity contribution in [1.82, 2.24) is 15.1 Å². The molecule has 176 valence electrons. The van der Waals surface area contributed by atoms with Gasteiger partial charge in [0.2, 0.25) is 0 Å². The Morgan fingerprint density at radius 2 is 2.06 bits per heavy atom. The molecule has 0 spiro atoms. The van der Waals surface area contributed by atoms with E-state index in [4.69, 9.17) is 16.3 Å². The van der Waals surface area contributed by atoms with E-state index in [1.807, 2.05) is 19.1 Å². The second-order valence-corrected chi connectivity index (χ2v) is 11.7. The summed E-state index contributed by atoms with van der Waals surface area (Å²) >= 11 is 10.0. The van der Waals surface area contributed by atoms with Crippen LogP contribution in [0, 0.1) is 0 Å². The Balaban J connectivity index is 1.79. The van der Waals surface area contributed by atoms with E-state index in [0.717, 1.165) is 4.47 Å². The lowest BCUT2D eigenvalue weighted by Crippen LogP contribution is -2.47. The van der Waals surface area contributed by atoms with Crippen molar-refractivity contribution in [3.05, 3.63) is 33.4 Å². The zero-order chi connectivity index (χ0) is 23.7. The van der Waals surface area contributed by atoms with Gasteiger partial charge in [-0.25, -0.2) is 8.42 Å².